The Balaban J connectivity index is 2.14. The number of sulfonamides is 1. The van der Waals surface area contributed by atoms with E-state index in [4.69, 9.17) is 0 Å². The molecule has 0 unspecified atom stereocenters. The van der Waals surface area contributed by atoms with Crippen molar-refractivity contribution in [1.29, 1.82) is 0 Å². The molecule has 0 bridgehead atoms. The zero-order chi connectivity index (χ0) is 13.7. The molecule has 0 saturated carbocycles. The van der Waals surface area contributed by atoms with Gasteiger partial charge in [0.05, 0.1) is 4.90 Å². The van der Waals surface area contributed by atoms with E-state index in [1.165, 1.54) is 6.42 Å². The zero-order valence-corrected chi connectivity index (χ0v) is 12.3. The molecule has 1 saturated heterocycles. The van der Waals surface area contributed by atoms with Crippen molar-refractivity contribution in [3.05, 3.63) is 18.0 Å². The van der Waals surface area contributed by atoms with Gasteiger partial charge in [-0.05, 0) is 26.0 Å². The molecular weight excluding hydrogens is 262 g/mol. The summed E-state index contributed by atoms with van der Waals surface area (Å²) in [6, 6.07) is 1.73. The normalized spacial score (nSPS) is 19.0. The third-order valence-electron chi connectivity index (χ3n) is 3.54. The molecule has 1 aromatic rings. The van der Waals surface area contributed by atoms with Gasteiger partial charge in [0, 0.05) is 31.5 Å². The molecule has 1 aliphatic rings. The highest BCUT2D eigenvalue weighted by Crippen LogP contribution is 2.20. The number of hydrogen-bond donors (Lipinski definition) is 2. The molecule has 6 heteroatoms. The summed E-state index contributed by atoms with van der Waals surface area (Å²) in [5.41, 5.74) is 0.896. The predicted molar refractivity (Wildman–Crippen MR) is 75.4 cm³/mol. The van der Waals surface area contributed by atoms with Crippen LogP contribution < -0.4 is 5.32 Å². The standard InChI is InChI=1S/C13H23N3O2S/c1-14-10-12-9-13(11-15-12)19(17,18)16-7-5-3-2-4-6-8-16/h9,11,14-15H,2-8,10H2,1H3. The molecule has 0 radical (unpaired) electrons. The summed E-state index contributed by atoms with van der Waals surface area (Å²) in [6.45, 7) is 1.94. The summed E-state index contributed by atoms with van der Waals surface area (Å²) >= 11 is 0. The van der Waals surface area contributed by atoms with Crippen molar-refractivity contribution >= 4 is 10.0 Å². The third kappa shape index (κ3) is 3.58. The van der Waals surface area contributed by atoms with Crippen molar-refractivity contribution < 1.29 is 8.42 Å². The van der Waals surface area contributed by atoms with Crippen LogP contribution in [0.2, 0.25) is 0 Å². The predicted octanol–water partition coefficient (Wildman–Crippen LogP) is 1.69. The molecule has 19 heavy (non-hydrogen) atoms. The first-order chi connectivity index (χ1) is 9.14. The van der Waals surface area contributed by atoms with Crippen LogP contribution in [-0.4, -0.2) is 37.8 Å². The molecule has 5 nitrogen and oxygen atoms in total. The molecule has 2 rings (SSSR count). The Bertz CT molecular complexity index is 488. The maximum atomic E-state index is 12.6. The van der Waals surface area contributed by atoms with E-state index in [9.17, 15) is 8.42 Å². The Hall–Kier alpha value is -0.850. The second kappa shape index (κ2) is 6.54. The Labute approximate surface area is 115 Å². The molecule has 1 fully saturated rings. The van der Waals surface area contributed by atoms with Gasteiger partial charge in [-0.25, -0.2) is 8.42 Å². The first kappa shape index (κ1) is 14.6. The fourth-order valence-electron chi connectivity index (χ4n) is 2.47. The van der Waals surface area contributed by atoms with E-state index in [2.05, 4.69) is 10.3 Å². The fourth-order valence-corrected chi connectivity index (χ4v) is 4.00. The third-order valence-corrected chi connectivity index (χ3v) is 5.41. The molecular formula is C13H23N3O2S. The highest BCUT2D eigenvalue weighted by atomic mass is 32.2. The van der Waals surface area contributed by atoms with Crippen molar-refractivity contribution in [3.8, 4) is 0 Å². The lowest BCUT2D eigenvalue weighted by Crippen LogP contribution is -2.33. The summed E-state index contributed by atoms with van der Waals surface area (Å²) in [7, 11) is -1.48. The number of rotatable bonds is 4. The molecule has 0 aliphatic carbocycles. The van der Waals surface area contributed by atoms with Crippen LogP contribution in [0.5, 0.6) is 0 Å². The number of nitrogens with one attached hydrogen (secondary N) is 2. The van der Waals surface area contributed by atoms with E-state index >= 15 is 0 Å². The van der Waals surface area contributed by atoms with Crippen LogP contribution in [0.4, 0.5) is 0 Å². The molecule has 2 heterocycles. The number of aromatic nitrogens is 1. The molecule has 1 aliphatic heterocycles. The highest BCUT2D eigenvalue weighted by Gasteiger charge is 2.25. The molecule has 0 atom stereocenters. The van der Waals surface area contributed by atoms with Crippen LogP contribution >= 0.6 is 0 Å². The fraction of sp³-hybridized carbons (Fsp3) is 0.692. The molecule has 0 aromatic carbocycles. The molecule has 2 N–H and O–H groups in total. The second-order valence-electron chi connectivity index (χ2n) is 5.06. The van der Waals surface area contributed by atoms with Crippen LogP contribution in [0.25, 0.3) is 0 Å². The van der Waals surface area contributed by atoms with Crippen molar-refractivity contribution in [1.82, 2.24) is 14.6 Å². The molecule has 108 valence electrons. The monoisotopic (exact) mass is 285 g/mol. The van der Waals surface area contributed by atoms with Crippen molar-refractivity contribution in [2.45, 2.75) is 43.5 Å². The SMILES string of the molecule is CNCc1cc(S(=O)(=O)N2CCCCCCC2)c[nH]1. The minimum absolute atomic E-state index is 0.387. The van der Waals surface area contributed by atoms with Crippen molar-refractivity contribution in [2.24, 2.45) is 0 Å². The van der Waals surface area contributed by atoms with Gasteiger partial charge in [-0.2, -0.15) is 4.31 Å². The Morgan fingerprint density at radius 1 is 1.21 bits per heavy atom. The first-order valence-corrected chi connectivity index (χ1v) is 8.40. The van der Waals surface area contributed by atoms with Crippen LogP contribution in [0.15, 0.2) is 17.2 Å². The Morgan fingerprint density at radius 3 is 2.47 bits per heavy atom. The molecule has 0 amide bonds. The minimum Gasteiger partial charge on any atom is -0.363 e. The van der Waals surface area contributed by atoms with Gasteiger partial charge < -0.3 is 10.3 Å². The number of hydrogen-bond acceptors (Lipinski definition) is 3. The van der Waals surface area contributed by atoms with Gasteiger partial charge in [0.2, 0.25) is 10.0 Å². The minimum atomic E-state index is -3.32. The van der Waals surface area contributed by atoms with E-state index in [0.717, 1.165) is 31.4 Å². The Morgan fingerprint density at radius 2 is 1.84 bits per heavy atom. The highest BCUT2D eigenvalue weighted by molar-refractivity contribution is 7.89. The maximum absolute atomic E-state index is 12.6. The summed E-state index contributed by atoms with van der Waals surface area (Å²) in [6.07, 6.45) is 7.01. The number of H-pyrrole nitrogens is 1. The first-order valence-electron chi connectivity index (χ1n) is 6.96. The smallest absolute Gasteiger partial charge is 0.244 e. The van der Waals surface area contributed by atoms with Gasteiger partial charge in [-0.1, -0.05) is 19.3 Å². The van der Waals surface area contributed by atoms with Gasteiger partial charge in [0.1, 0.15) is 0 Å². The quantitative estimate of drug-likeness (QED) is 0.885. The lowest BCUT2D eigenvalue weighted by molar-refractivity contribution is 0.364. The van der Waals surface area contributed by atoms with Crippen LogP contribution in [0.3, 0.4) is 0 Å². The van der Waals surface area contributed by atoms with Gasteiger partial charge in [0.15, 0.2) is 0 Å². The second-order valence-corrected chi connectivity index (χ2v) is 7.00. The van der Waals surface area contributed by atoms with E-state index in [1.807, 2.05) is 7.05 Å². The van der Waals surface area contributed by atoms with Crippen LogP contribution in [-0.2, 0) is 16.6 Å². The van der Waals surface area contributed by atoms with Gasteiger partial charge in [-0.3, -0.25) is 0 Å². The summed E-state index contributed by atoms with van der Waals surface area (Å²) in [5, 5.41) is 3.01. The van der Waals surface area contributed by atoms with Gasteiger partial charge in [-0.15, -0.1) is 0 Å². The number of aromatic amines is 1. The largest absolute Gasteiger partial charge is 0.363 e. The topological polar surface area (TPSA) is 65.2 Å². The molecule has 0 spiro atoms. The average Bonchev–Trinajstić information content (AvgIpc) is 2.77. The van der Waals surface area contributed by atoms with Crippen molar-refractivity contribution in [3.63, 3.8) is 0 Å². The summed E-state index contributed by atoms with van der Waals surface area (Å²) < 4.78 is 26.7. The van der Waals surface area contributed by atoms with E-state index in [1.54, 1.807) is 16.6 Å². The van der Waals surface area contributed by atoms with Gasteiger partial charge >= 0.3 is 0 Å². The van der Waals surface area contributed by atoms with E-state index in [-0.39, 0.29) is 0 Å². The lowest BCUT2D eigenvalue weighted by atomic mass is 10.1. The van der Waals surface area contributed by atoms with E-state index < -0.39 is 10.0 Å². The molecule has 1 aromatic heterocycles. The Kier molecular flexibility index (Phi) is 5.01. The lowest BCUT2D eigenvalue weighted by Gasteiger charge is -2.23. The summed E-state index contributed by atoms with van der Waals surface area (Å²) in [4.78, 5) is 3.40. The van der Waals surface area contributed by atoms with Gasteiger partial charge in [0.25, 0.3) is 0 Å². The number of nitrogens with zero attached hydrogens (tertiary/aromatic N) is 1. The van der Waals surface area contributed by atoms with Crippen molar-refractivity contribution in [2.75, 3.05) is 20.1 Å². The average molecular weight is 285 g/mol. The summed E-state index contributed by atoms with van der Waals surface area (Å²) in [5.74, 6) is 0. The zero-order valence-electron chi connectivity index (χ0n) is 11.5. The maximum Gasteiger partial charge on any atom is 0.244 e. The van der Waals surface area contributed by atoms with Crippen LogP contribution in [0.1, 0.15) is 37.8 Å². The van der Waals surface area contributed by atoms with Crippen LogP contribution in [0, 0.1) is 0 Å². The van der Waals surface area contributed by atoms with E-state index in [0.29, 0.717) is 24.5 Å².